The lowest BCUT2D eigenvalue weighted by molar-refractivity contribution is -0.117. The molecule has 3 N–H and O–H groups in total. The first-order chi connectivity index (χ1) is 18.5. The molecule has 2 aliphatic rings. The number of amides is 1. The fourth-order valence-electron chi connectivity index (χ4n) is 4.86. The highest BCUT2D eigenvalue weighted by Crippen LogP contribution is 2.35. The van der Waals surface area contributed by atoms with E-state index in [0.717, 1.165) is 55.9 Å². The second kappa shape index (κ2) is 8.84. The van der Waals surface area contributed by atoms with Gasteiger partial charge in [-0.1, -0.05) is 0 Å². The molecule has 38 heavy (non-hydrogen) atoms. The van der Waals surface area contributed by atoms with Crippen LogP contribution >= 0.6 is 0 Å². The summed E-state index contributed by atoms with van der Waals surface area (Å²) in [5.41, 5.74) is 3.45. The predicted octanol–water partition coefficient (Wildman–Crippen LogP) is 3.20. The van der Waals surface area contributed by atoms with E-state index in [1.54, 1.807) is 24.7 Å². The molecule has 1 amide bonds. The van der Waals surface area contributed by atoms with E-state index in [1.165, 1.54) is 6.20 Å². The number of pyridine rings is 3. The molecule has 1 aliphatic carbocycles. The molecule has 2 fully saturated rings. The normalized spacial score (nSPS) is 16.4. The molecule has 192 valence electrons. The summed E-state index contributed by atoms with van der Waals surface area (Å²) in [5.74, 6) is 0.775. The van der Waals surface area contributed by atoms with Crippen LogP contribution in [0.15, 0.2) is 36.9 Å². The van der Waals surface area contributed by atoms with Gasteiger partial charge in [0.1, 0.15) is 17.0 Å². The van der Waals surface area contributed by atoms with E-state index in [-0.39, 0.29) is 28.4 Å². The Morgan fingerprint density at radius 2 is 1.97 bits per heavy atom. The lowest BCUT2D eigenvalue weighted by Crippen LogP contribution is -2.44. The van der Waals surface area contributed by atoms with Gasteiger partial charge in [-0.25, -0.2) is 19.3 Å². The van der Waals surface area contributed by atoms with Gasteiger partial charge in [0.05, 0.1) is 22.8 Å². The average molecular weight is 513 g/mol. The number of likely N-dealkylation sites (N-methyl/N-ethyl adjacent to an activating group) is 1. The van der Waals surface area contributed by atoms with Gasteiger partial charge in [-0.05, 0) is 32.0 Å². The first-order valence-electron chi connectivity index (χ1n) is 12.6. The van der Waals surface area contributed by atoms with Gasteiger partial charge >= 0.3 is 0 Å². The smallest absolute Gasteiger partial charge is 0.227 e. The first kappa shape index (κ1) is 22.7. The molecule has 1 saturated carbocycles. The minimum absolute atomic E-state index is 0.0366. The van der Waals surface area contributed by atoms with E-state index >= 15 is 4.39 Å². The van der Waals surface area contributed by atoms with Gasteiger partial charge in [0.2, 0.25) is 5.91 Å². The molecule has 0 spiro atoms. The van der Waals surface area contributed by atoms with Crippen molar-refractivity contribution in [3.63, 3.8) is 0 Å². The van der Waals surface area contributed by atoms with Crippen LogP contribution in [0.1, 0.15) is 12.8 Å². The topological polar surface area (TPSA) is 132 Å². The molecule has 5 aromatic rings. The molecule has 6 heterocycles. The highest BCUT2D eigenvalue weighted by Gasteiger charge is 2.30. The number of anilines is 2. The SMILES string of the molecule is CN1CCN(c2nccc3[nH]c(-c4[nH]nc5ncc(-c6cncc(NC(=O)C7CC7)c6)c(F)c45)nc23)CC1. The quantitative estimate of drug-likeness (QED) is 0.327. The molecule has 1 saturated heterocycles. The van der Waals surface area contributed by atoms with Gasteiger partial charge in [0.15, 0.2) is 17.3 Å². The van der Waals surface area contributed by atoms with Crippen molar-refractivity contribution in [3.8, 4) is 22.6 Å². The van der Waals surface area contributed by atoms with Crippen LogP contribution in [-0.2, 0) is 4.79 Å². The lowest BCUT2D eigenvalue weighted by Gasteiger charge is -2.33. The molecule has 1 aliphatic heterocycles. The Morgan fingerprint density at radius 3 is 2.79 bits per heavy atom. The predicted molar refractivity (Wildman–Crippen MR) is 141 cm³/mol. The minimum atomic E-state index is -0.496. The zero-order valence-electron chi connectivity index (χ0n) is 20.7. The van der Waals surface area contributed by atoms with Crippen molar-refractivity contribution in [2.75, 3.05) is 43.4 Å². The lowest BCUT2D eigenvalue weighted by atomic mass is 10.1. The Kier molecular flexibility index (Phi) is 5.28. The summed E-state index contributed by atoms with van der Waals surface area (Å²) in [6.07, 6.45) is 8.08. The molecule has 0 bridgehead atoms. The Bertz CT molecular complexity index is 1680. The molecule has 0 aromatic carbocycles. The Morgan fingerprint density at radius 1 is 1.13 bits per heavy atom. The number of rotatable bonds is 5. The standard InChI is InChI=1S/C26H25FN10O/c1-36-6-8-37(9-7-36)25-21-18(4-5-29-25)32-24(33-21)22-19-20(27)17(13-30-23(19)35-34-22)15-10-16(12-28-11-15)31-26(38)14-2-3-14/h4-5,10-14H,2-3,6-9H2,1H3,(H,31,38)(H,32,33)(H,30,34,35). The maximum atomic E-state index is 16.0. The number of nitrogens with one attached hydrogen (secondary N) is 3. The second-order valence-electron chi connectivity index (χ2n) is 9.92. The van der Waals surface area contributed by atoms with E-state index in [4.69, 9.17) is 4.98 Å². The summed E-state index contributed by atoms with van der Waals surface area (Å²) in [6.45, 7) is 3.60. The molecule has 0 unspecified atom stereocenters. The third-order valence-electron chi connectivity index (χ3n) is 7.21. The zero-order chi connectivity index (χ0) is 25.8. The van der Waals surface area contributed by atoms with Crippen LogP contribution in [0.5, 0.6) is 0 Å². The third kappa shape index (κ3) is 3.93. The summed E-state index contributed by atoms with van der Waals surface area (Å²) < 4.78 is 16.0. The molecule has 7 rings (SSSR count). The van der Waals surface area contributed by atoms with E-state index in [2.05, 4.69) is 52.3 Å². The van der Waals surface area contributed by atoms with Gasteiger partial charge in [-0.15, -0.1) is 0 Å². The number of H-pyrrole nitrogens is 2. The van der Waals surface area contributed by atoms with Crippen LogP contribution in [0.2, 0.25) is 0 Å². The fraction of sp³-hybridized carbons (Fsp3) is 0.308. The van der Waals surface area contributed by atoms with Gasteiger partial charge in [-0.3, -0.25) is 14.9 Å². The number of nitrogens with zero attached hydrogens (tertiary/aromatic N) is 7. The van der Waals surface area contributed by atoms with E-state index < -0.39 is 5.82 Å². The number of imidazole rings is 1. The Balaban J connectivity index is 1.27. The second-order valence-corrected chi connectivity index (χ2v) is 9.92. The van der Waals surface area contributed by atoms with Crippen molar-refractivity contribution in [2.45, 2.75) is 12.8 Å². The van der Waals surface area contributed by atoms with Crippen LogP contribution < -0.4 is 10.2 Å². The van der Waals surface area contributed by atoms with Gasteiger partial charge in [0, 0.05) is 61.8 Å². The van der Waals surface area contributed by atoms with Crippen LogP contribution in [0.4, 0.5) is 15.9 Å². The van der Waals surface area contributed by atoms with Crippen molar-refractivity contribution in [2.24, 2.45) is 5.92 Å². The van der Waals surface area contributed by atoms with Crippen LogP contribution in [0, 0.1) is 11.7 Å². The number of halogens is 1. The Labute approximate surface area is 216 Å². The summed E-state index contributed by atoms with van der Waals surface area (Å²) >= 11 is 0. The van der Waals surface area contributed by atoms with Gasteiger partial charge in [-0.2, -0.15) is 5.10 Å². The fourth-order valence-corrected chi connectivity index (χ4v) is 4.86. The van der Waals surface area contributed by atoms with Crippen molar-refractivity contribution >= 4 is 39.5 Å². The van der Waals surface area contributed by atoms with Crippen LogP contribution in [0.3, 0.4) is 0 Å². The summed E-state index contributed by atoms with van der Waals surface area (Å²) in [6, 6.07) is 3.56. The maximum Gasteiger partial charge on any atom is 0.227 e. The third-order valence-corrected chi connectivity index (χ3v) is 7.21. The molecule has 12 heteroatoms. The number of fused-ring (bicyclic) bond motifs is 2. The van der Waals surface area contributed by atoms with Crippen LogP contribution in [-0.4, -0.2) is 79.2 Å². The zero-order valence-corrected chi connectivity index (χ0v) is 20.7. The minimum Gasteiger partial charge on any atom is -0.352 e. The summed E-state index contributed by atoms with van der Waals surface area (Å²) in [7, 11) is 2.11. The Hall–Kier alpha value is -4.45. The molecule has 5 aromatic heterocycles. The van der Waals surface area contributed by atoms with E-state index in [1.807, 2.05) is 6.07 Å². The van der Waals surface area contributed by atoms with Crippen molar-refractivity contribution in [1.29, 1.82) is 0 Å². The highest BCUT2D eigenvalue weighted by atomic mass is 19.1. The monoisotopic (exact) mass is 512 g/mol. The maximum absolute atomic E-state index is 16.0. The molecule has 11 nitrogen and oxygen atoms in total. The molecular formula is C26H25FN10O. The molecule has 0 radical (unpaired) electrons. The van der Waals surface area contributed by atoms with Gasteiger partial charge < -0.3 is 20.1 Å². The van der Waals surface area contributed by atoms with Crippen molar-refractivity contribution < 1.29 is 9.18 Å². The number of aromatic amines is 2. The van der Waals surface area contributed by atoms with Crippen molar-refractivity contribution in [1.82, 2.24) is 40.0 Å². The number of hydrogen-bond donors (Lipinski definition) is 3. The molecular weight excluding hydrogens is 487 g/mol. The largest absolute Gasteiger partial charge is 0.352 e. The highest BCUT2D eigenvalue weighted by molar-refractivity contribution is 5.97. The average Bonchev–Trinajstić information content (AvgIpc) is 3.54. The van der Waals surface area contributed by atoms with Gasteiger partial charge in [0.25, 0.3) is 0 Å². The van der Waals surface area contributed by atoms with Crippen molar-refractivity contribution in [3.05, 3.63) is 42.7 Å². The number of carbonyl (C=O) groups excluding carboxylic acids is 1. The number of hydrogen-bond acceptors (Lipinski definition) is 8. The first-order valence-corrected chi connectivity index (χ1v) is 12.6. The summed E-state index contributed by atoms with van der Waals surface area (Å²) in [5, 5.41) is 10.2. The van der Waals surface area contributed by atoms with E-state index in [0.29, 0.717) is 22.8 Å². The van der Waals surface area contributed by atoms with Crippen LogP contribution in [0.25, 0.3) is 44.7 Å². The number of piperazine rings is 1. The number of carbonyl (C=O) groups is 1. The van der Waals surface area contributed by atoms with E-state index in [9.17, 15) is 4.79 Å². The summed E-state index contributed by atoms with van der Waals surface area (Å²) in [4.78, 5) is 38.0. The number of aromatic nitrogens is 7. The molecule has 0 atom stereocenters.